The van der Waals surface area contributed by atoms with Gasteiger partial charge in [0.25, 0.3) is 5.91 Å². The number of hydrogen-bond donors (Lipinski definition) is 1. The van der Waals surface area contributed by atoms with Crippen LogP contribution in [-0.2, 0) is 6.54 Å². The number of nitrogens with zero attached hydrogens (tertiary/aromatic N) is 2. The second-order valence-corrected chi connectivity index (χ2v) is 8.32. The molecule has 0 atom stereocenters. The molecule has 1 aromatic heterocycles. The van der Waals surface area contributed by atoms with E-state index < -0.39 is 0 Å². The van der Waals surface area contributed by atoms with Crippen LogP contribution >= 0.6 is 0 Å². The van der Waals surface area contributed by atoms with Crippen LogP contribution in [0.2, 0.25) is 0 Å². The minimum atomic E-state index is -0.317. The van der Waals surface area contributed by atoms with Crippen LogP contribution < -0.4 is 10.2 Å². The van der Waals surface area contributed by atoms with Crippen molar-refractivity contribution in [3.8, 4) is 5.75 Å². The van der Waals surface area contributed by atoms with Crippen molar-refractivity contribution in [2.75, 3.05) is 7.11 Å². The summed E-state index contributed by atoms with van der Waals surface area (Å²) in [7, 11) is 1.56. The second-order valence-electron chi connectivity index (χ2n) is 8.32. The zero-order valence-corrected chi connectivity index (χ0v) is 19.2. The molecule has 0 spiro atoms. The first-order chi connectivity index (χ1) is 16.6. The van der Waals surface area contributed by atoms with Gasteiger partial charge in [-0.3, -0.25) is 4.79 Å². The van der Waals surface area contributed by atoms with Crippen molar-refractivity contribution in [3.63, 3.8) is 0 Å². The first-order valence-electron chi connectivity index (χ1n) is 11.2. The van der Waals surface area contributed by atoms with Crippen LogP contribution in [0.4, 0.5) is 0 Å². The van der Waals surface area contributed by atoms with Crippen LogP contribution in [0.3, 0.4) is 0 Å². The highest BCUT2D eigenvalue weighted by molar-refractivity contribution is 6.03. The SMILES string of the molecule is COc1cc2ccccc2cc1C(=O)NN=Cc1cn(Cc2cccc(C)c2)c2ccccc12. The van der Waals surface area contributed by atoms with E-state index in [2.05, 4.69) is 64.6 Å². The van der Waals surface area contributed by atoms with Gasteiger partial charge in [0.1, 0.15) is 5.75 Å². The molecule has 5 heteroatoms. The zero-order valence-electron chi connectivity index (χ0n) is 19.2. The van der Waals surface area contributed by atoms with Crippen LogP contribution in [0, 0.1) is 6.92 Å². The van der Waals surface area contributed by atoms with Gasteiger partial charge in [0.2, 0.25) is 0 Å². The van der Waals surface area contributed by atoms with Crippen LogP contribution in [0.5, 0.6) is 5.75 Å². The van der Waals surface area contributed by atoms with Crippen LogP contribution in [-0.4, -0.2) is 23.8 Å². The summed E-state index contributed by atoms with van der Waals surface area (Å²) in [5.74, 6) is 0.198. The van der Waals surface area contributed by atoms with Gasteiger partial charge in [-0.05, 0) is 41.5 Å². The van der Waals surface area contributed by atoms with Gasteiger partial charge in [0, 0.05) is 29.2 Å². The molecule has 1 N–H and O–H groups in total. The van der Waals surface area contributed by atoms with Crippen molar-refractivity contribution in [3.05, 3.63) is 113 Å². The predicted octanol–water partition coefficient (Wildman–Crippen LogP) is 5.92. The minimum Gasteiger partial charge on any atom is -0.496 e. The van der Waals surface area contributed by atoms with E-state index in [9.17, 15) is 4.79 Å². The smallest absolute Gasteiger partial charge is 0.275 e. The monoisotopic (exact) mass is 447 g/mol. The van der Waals surface area contributed by atoms with Crippen LogP contribution in [0.1, 0.15) is 27.0 Å². The molecule has 5 aromatic rings. The van der Waals surface area contributed by atoms with Crippen LogP contribution in [0.15, 0.2) is 96.2 Å². The molecule has 0 radical (unpaired) electrons. The third kappa shape index (κ3) is 4.28. The second kappa shape index (κ2) is 9.24. The number of methoxy groups -OCH3 is 1. The largest absolute Gasteiger partial charge is 0.496 e. The number of ether oxygens (including phenoxy) is 1. The molecule has 0 aliphatic heterocycles. The Balaban J connectivity index is 1.40. The number of hydrazone groups is 1. The van der Waals surface area contributed by atoms with E-state index in [0.717, 1.165) is 33.8 Å². The van der Waals surface area contributed by atoms with Gasteiger partial charge < -0.3 is 9.30 Å². The Hall–Kier alpha value is -4.38. The minimum absolute atomic E-state index is 0.317. The maximum Gasteiger partial charge on any atom is 0.275 e. The summed E-state index contributed by atoms with van der Waals surface area (Å²) in [6.45, 7) is 2.86. The molecule has 5 rings (SSSR count). The number of hydrogen-bond acceptors (Lipinski definition) is 3. The lowest BCUT2D eigenvalue weighted by molar-refractivity contribution is 0.0952. The number of carbonyl (C=O) groups excluding carboxylic acids is 1. The zero-order chi connectivity index (χ0) is 23.5. The molecule has 0 saturated heterocycles. The first-order valence-corrected chi connectivity index (χ1v) is 11.2. The van der Waals surface area contributed by atoms with Gasteiger partial charge in [0.15, 0.2) is 0 Å². The molecule has 168 valence electrons. The lowest BCUT2D eigenvalue weighted by atomic mass is 10.1. The summed E-state index contributed by atoms with van der Waals surface area (Å²) in [6.07, 6.45) is 3.76. The van der Waals surface area contributed by atoms with Gasteiger partial charge >= 0.3 is 0 Å². The van der Waals surface area contributed by atoms with Crippen molar-refractivity contribution >= 4 is 33.8 Å². The maximum absolute atomic E-state index is 12.9. The van der Waals surface area contributed by atoms with E-state index in [-0.39, 0.29) is 5.91 Å². The summed E-state index contributed by atoms with van der Waals surface area (Å²) in [5, 5.41) is 7.33. The van der Waals surface area contributed by atoms with Crippen molar-refractivity contribution in [1.82, 2.24) is 9.99 Å². The van der Waals surface area contributed by atoms with Gasteiger partial charge in [-0.1, -0.05) is 72.3 Å². The van der Waals surface area contributed by atoms with Gasteiger partial charge in [0.05, 0.1) is 18.9 Å². The fourth-order valence-electron chi connectivity index (χ4n) is 4.30. The van der Waals surface area contributed by atoms with Gasteiger partial charge in [-0.2, -0.15) is 5.10 Å². The summed E-state index contributed by atoms with van der Waals surface area (Å²) in [4.78, 5) is 12.9. The molecule has 0 saturated carbocycles. The van der Waals surface area contributed by atoms with Gasteiger partial charge in [-0.15, -0.1) is 0 Å². The average Bonchev–Trinajstić information content (AvgIpc) is 3.20. The van der Waals surface area contributed by atoms with Crippen molar-refractivity contribution < 1.29 is 9.53 Å². The Kier molecular flexibility index (Phi) is 5.83. The first kappa shape index (κ1) is 21.5. The summed E-state index contributed by atoms with van der Waals surface area (Å²) < 4.78 is 7.66. The maximum atomic E-state index is 12.9. The number of para-hydroxylation sites is 1. The number of carbonyl (C=O) groups is 1. The van der Waals surface area contributed by atoms with Gasteiger partial charge in [-0.25, -0.2) is 5.43 Å². The molecule has 0 unspecified atom stereocenters. The van der Waals surface area contributed by atoms with E-state index in [1.54, 1.807) is 13.3 Å². The average molecular weight is 448 g/mol. The summed E-state index contributed by atoms with van der Waals surface area (Å²) in [6, 6.07) is 28.3. The van der Waals surface area contributed by atoms with Crippen molar-refractivity contribution in [2.45, 2.75) is 13.5 Å². The number of aryl methyl sites for hydroxylation is 1. The molecule has 1 heterocycles. The highest BCUT2D eigenvalue weighted by atomic mass is 16.5. The third-order valence-corrected chi connectivity index (χ3v) is 5.94. The fraction of sp³-hybridized carbons (Fsp3) is 0.103. The normalized spacial score (nSPS) is 11.4. The molecule has 0 aliphatic carbocycles. The lowest BCUT2D eigenvalue weighted by Gasteiger charge is -2.09. The Bertz CT molecular complexity index is 1530. The summed E-state index contributed by atoms with van der Waals surface area (Å²) in [5.41, 5.74) is 7.64. The molecule has 0 bridgehead atoms. The highest BCUT2D eigenvalue weighted by Gasteiger charge is 2.13. The lowest BCUT2D eigenvalue weighted by Crippen LogP contribution is -2.18. The molecule has 0 aliphatic rings. The van der Waals surface area contributed by atoms with E-state index in [4.69, 9.17) is 4.74 Å². The number of aromatic nitrogens is 1. The Morgan fingerprint density at radius 1 is 0.971 bits per heavy atom. The van der Waals surface area contributed by atoms with Crippen LogP contribution in [0.25, 0.3) is 21.7 Å². The number of amides is 1. The quantitative estimate of drug-likeness (QED) is 0.259. The molecular formula is C29H25N3O2. The molecular weight excluding hydrogens is 422 g/mol. The highest BCUT2D eigenvalue weighted by Crippen LogP contribution is 2.26. The fourth-order valence-corrected chi connectivity index (χ4v) is 4.30. The standard InChI is InChI=1S/C29H25N3O2/c1-20-8-7-9-21(14-20)18-32-19-24(25-12-5-6-13-27(25)32)17-30-31-29(33)26-15-22-10-3-4-11-23(22)16-28(26)34-2/h3-17,19H,18H2,1-2H3,(H,31,33). The van der Waals surface area contributed by atoms with Crippen molar-refractivity contribution in [2.24, 2.45) is 5.10 Å². The molecule has 0 fully saturated rings. The third-order valence-electron chi connectivity index (χ3n) is 5.94. The van der Waals surface area contributed by atoms with Crippen molar-refractivity contribution in [1.29, 1.82) is 0 Å². The number of fused-ring (bicyclic) bond motifs is 2. The topological polar surface area (TPSA) is 55.6 Å². The van der Waals surface area contributed by atoms with E-state index in [1.165, 1.54) is 11.1 Å². The Labute approximate surface area is 198 Å². The molecule has 5 nitrogen and oxygen atoms in total. The molecule has 4 aromatic carbocycles. The summed E-state index contributed by atoms with van der Waals surface area (Å²) >= 11 is 0. The number of benzene rings is 4. The van der Waals surface area contributed by atoms with E-state index in [1.807, 2.05) is 48.5 Å². The molecule has 34 heavy (non-hydrogen) atoms. The Morgan fingerprint density at radius 3 is 2.53 bits per heavy atom. The van der Waals surface area contributed by atoms with E-state index >= 15 is 0 Å². The van der Waals surface area contributed by atoms with E-state index in [0.29, 0.717) is 11.3 Å². The number of rotatable bonds is 6. The molecule has 1 amide bonds. The Morgan fingerprint density at radius 2 is 1.74 bits per heavy atom. The number of nitrogens with one attached hydrogen (secondary N) is 1. The predicted molar refractivity (Wildman–Crippen MR) is 138 cm³/mol.